The number of pyridine rings is 1. The van der Waals surface area contributed by atoms with Gasteiger partial charge in [0.05, 0.1) is 12.3 Å². The molecule has 1 N–H and O–H groups in total. The van der Waals surface area contributed by atoms with Gasteiger partial charge in [-0.05, 0) is 31.2 Å². The number of rotatable bonds is 5. The van der Waals surface area contributed by atoms with E-state index in [1.807, 2.05) is 12.1 Å². The zero-order chi connectivity index (χ0) is 15.2. The summed E-state index contributed by atoms with van der Waals surface area (Å²) >= 11 is 0. The van der Waals surface area contributed by atoms with Gasteiger partial charge in [0.15, 0.2) is 0 Å². The Morgan fingerprint density at radius 3 is 2.76 bits per heavy atom. The van der Waals surface area contributed by atoms with E-state index in [0.29, 0.717) is 24.5 Å². The summed E-state index contributed by atoms with van der Waals surface area (Å²) in [5.41, 5.74) is 1.04. The molecule has 1 aromatic carbocycles. The smallest absolute Gasteiger partial charge is 0.273 e. The van der Waals surface area contributed by atoms with Crippen molar-refractivity contribution in [2.24, 2.45) is 0 Å². The molecule has 0 atom stereocenters. The zero-order valence-electron chi connectivity index (χ0n) is 11.7. The minimum Gasteiger partial charge on any atom is -0.491 e. The fourth-order valence-corrected chi connectivity index (χ4v) is 2.03. The molecule has 2 rings (SSSR count). The van der Waals surface area contributed by atoms with E-state index in [9.17, 15) is 4.79 Å². The molecule has 0 radical (unpaired) electrons. The van der Waals surface area contributed by atoms with Crippen LogP contribution >= 0.6 is 0 Å². The number of aliphatic hydroxyl groups is 1. The van der Waals surface area contributed by atoms with Gasteiger partial charge in [-0.25, -0.2) is 0 Å². The molecule has 0 amide bonds. The summed E-state index contributed by atoms with van der Waals surface area (Å²) in [6.45, 7) is 2.21. The lowest BCUT2D eigenvalue weighted by molar-refractivity contribution is 0.233. The molecule has 0 aliphatic rings. The van der Waals surface area contributed by atoms with Gasteiger partial charge in [0.25, 0.3) is 5.56 Å². The molecule has 0 saturated carbocycles. The van der Waals surface area contributed by atoms with E-state index in [4.69, 9.17) is 15.1 Å². The molecular weight excluding hydrogens is 268 g/mol. The van der Waals surface area contributed by atoms with Crippen LogP contribution in [0, 0.1) is 18.3 Å². The van der Waals surface area contributed by atoms with Crippen molar-refractivity contribution in [3.05, 3.63) is 58.0 Å². The number of hydrogen-bond donors (Lipinski definition) is 1. The Kier molecular flexibility index (Phi) is 4.75. The van der Waals surface area contributed by atoms with Crippen LogP contribution in [0.3, 0.4) is 0 Å². The number of benzene rings is 1. The van der Waals surface area contributed by atoms with Crippen molar-refractivity contribution in [1.82, 2.24) is 4.57 Å². The van der Waals surface area contributed by atoms with E-state index < -0.39 is 0 Å². The van der Waals surface area contributed by atoms with Gasteiger partial charge in [-0.3, -0.25) is 9.36 Å². The van der Waals surface area contributed by atoms with Crippen molar-refractivity contribution in [2.75, 3.05) is 13.2 Å². The molecule has 2 aromatic rings. The Labute approximate surface area is 122 Å². The number of aryl methyl sites for hydroxylation is 1. The first-order valence-electron chi connectivity index (χ1n) is 6.65. The van der Waals surface area contributed by atoms with Gasteiger partial charge in [0, 0.05) is 18.7 Å². The van der Waals surface area contributed by atoms with E-state index >= 15 is 0 Å². The summed E-state index contributed by atoms with van der Waals surface area (Å²) in [6.07, 6.45) is 0.514. The number of para-hydroxylation sites is 2. The minimum atomic E-state index is -0.365. The van der Waals surface area contributed by atoms with E-state index in [-0.39, 0.29) is 17.7 Å². The molecule has 0 aliphatic carbocycles. The van der Waals surface area contributed by atoms with Crippen molar-refractivity contribution in [1.29, 1.82) is 5.26 Å². The molecule has 0 spiro atoms. The highest BCUT2D eigenvalue weighted by molar-refractivity contribution is 5.49. The molecule has 0 saturated heterocycles. The molecule has 0 fully saturated rings. The molecule has 5 nitrogen and oxygen atoms in total. The van der Waals surface area contributed by atoms with Crippen LogP contribution in [-0.4, -0.2) is 22.9 Å². The summed E-state index contributed by atoms with van der Waals surface area (Å²) < 4.78 is 7.08. The summed E-state index contributed by atoms with van der Waals surface area (Å²) in [5.74, 6) is 0.547. The van der Waals surface area contributed by atoms with E-state index in [1.54, 1.807) is 31.2 Å². The highest BCUT2D eigenvalue weighted by Gasteiger charge is 2.12. The lowest BCUT2D eigenvalue weighted by Crippen LogP contribution is -2.23. The number of nitriles is 1. The quantitative estimate of drug-likeness (QED) is 0.849. The van der Waals surface area contributed by atoms with Gasteiger partial charge in [0.1, 0.15) is 17.4 Å². The maximum Gasteiger partial charge on any atom is 0.273 e. The molecule has 0 bridgehead atoms. The number of nitrogens with zero attached hydrogens (tertiary/aromatic N) is 2. The van der Waals surface area contributed by atoms with Crippen LogP contribution in [0.2, 0.25) is 0 Å². The average Bonchev–Trinajstić information content (AvgIpc) is 2.49. The number of aliphatic hydroxyl groups excluding tert-OH is 1. The van der Waals surface area contributed by atoms with Crippen LogP contribution in [0.4, 0.5) is 0 Å². The van der Waals surface area contributed by atoms with Crippen molar-refractivity contribution in [3.63, 3.8) is 0 Å². The summed E-state index contributed by atoms with van der Waals surface area (Å²) in [7, 11) is 0. The van der Waals surface area contributed by atoms with Crippen LogP contribution in [0.5, 0.6) is 5.75 Å². The van der Waals surface area contributed by atoms with Crippen LogP contribution in [0.15, 0.2) is 41.2 Å². The van der Waals surface area contributed by atoms with Crippen molar-refractivity contribution < 1.29 is 9.84 Å². The summed E-state index contributed by atoms with van der Waals surface area (Å²) in [5, 5.41) is 17.8. The van der Waals surface area contributed by atoms with Gasteiger partial charge in [-0.1, -0.05) is 12.1 Å². The SMILES string of the molecule is Cc1ccc(C#N)c(=O)n1-c1ccccc1OCCCO. The van der Waals surface area contributed by atoms with Crippen molar-refractivity contribution >= 4 is 0 Å². The Morgan fingerprint density at radius 2 is 2.05 bits per heavy atom. The second-order valence-corrected chi connectivity index (χ2v) is 4.53. The van der Waals surface area contributed by atoms with Gasteiger partial charge >= 0.3 is 0 Å². The first kappa shape index (κ1) is 14.8. The van der Waals surface area contributed by atoms with Crippen LogP contribution < -0.4 is 10.3 Å². The first-order chi connectivity index (χ1) is 10.2. The van der Waals surface area contributed by atoms with Crippen molar-refractivity contribution in [3.8, 4) is 17.5 Å². The van der Waals surface area contributed by atoms with Gasteiger partial charge < -0.3 is 9.84 Å². The molecule has 1 aromatic heterocycles. The third-order valence-corrected chi connectivity index (χ3v) is 3.06. The monoisotopic (exact) mass is 284 g/mol. The van der Waals surface area contributed by atoms with Crippen molar-refractivity contribution in [2.45, 2.75) is 13.3 Å². The number of hydrogen-bond acceptors (Lipinski definition) is 4. The average molecular weight is 284 g/mol. The van der Waals surface area contributed by atoms with E-state index in [2.05, 4.69) is 0 Å². The van der Waals surface area contributed by atoms with E-state index in [1.165, 1.54) is 10.6 Å². The third kappa shape index (κ3) is 3.12. The lowest BCUT2D eigenvalue weighted by Gasteiger charge is -2.15. The molecule has 108 valence electrons. The third-order valence-electron chi connectivity index (χ3n) is 3.06. The largest absolute Gasteiger partial charge is 0.491 e. The standard InChI is InChI=1S/C16H16N2O3/c1-12-7-8-13(11-17)16(20)18(12)14-5-2-3-6-15(14)21-10-4-9-19/h2-3,5-8,19H,4,9-10H2,1H3. The maximum atomic E-state index is 12.3. The first-order valence-corrected chi connectivity index (χ1v) is 6.65. The predicted octanol–water partition coefficient (Wildman–Crippen LogP) is 1.78. The Balaban J connectivity index is 2.53. The fourth-order valence-electron chi connectivity index (χ4n) is 2.03. The molecule has 0 unspecified atom stereocenters. The molecule has 21 heavy (non-hydrogen) atoms. The highest BCUT2D eigenvalue weighted by atomic mass is 16.5. The topological polar surface area (TPSA) is 75.2 Å². The molecule has 1 heterocycles. The Hall–Kier alpha value is -2.58. The lowest BCUT2D eigenvalue weighted by atomic mass is 10.2. The minimum absolute atomic E-state index is 0.0467. The maximum absolute atomic E-state index is 12.3. The van der Waals surface area contributed by atoms with Gasteiger partial charge in [-0.15, -0.1) is 0 Å². The second kappa shape index (κ2) is 6.73. The zero-order valence-corrected chi connectivity index (χ0v) is 11.7. The Bertz CT molecular complexity index is 729. The summed E-state index contributed by atoms with van der Waals surface area (Å²) in [6, 6.07) is 12.3. The normalized spacial score (nSPS) is 10.1. The predicted molar refractivity (Wildman–Crippen MR) is 78.7 cm³/mol. The van der Waals surface area contributed by atoms with Crippen LogP contribution in [-0.2, 0) is 0 Å². The molecule has 5 heteroatoms. The van der Waals surface area contributed by atoms with Gasteiger partial charge in [0.2, 0.25) is 0 Å². The highest BCUT2D eigenvalue weighted by Crippen LogP contribution is 2.22. The summed E-state index contributed by atoms with van der Waals surface area (Å²) in [4.78, 5) is 12.3. The van der Waals surface area contributed by atoms with E-state index in [0.717, 1.165) is 5.69 Å². The fraction of sp³-hybridized carbons (Fsp3) is 0.250. The number of aromatic nitrogens is 1. The Morgan fingerprint density at radius 1 is 1.29 bits per heavy atom. The molecule has 0 aliphatic heterocycles. The van der Waals surface area contributed by atoms with Gasteiger partial charge in [-0.2, -0.15) is 5.26 Å². The molecular formula is C16H16N2O3. The second-order valence-electron chi connectivity index (χ2n) is 4.53. The van der Waals surface area contributed by atoms with Crippen LogP contribution in [0.1, 0.15) is 17.7 Å². The van der Waals surface area contributed by atoms with Crippen LogP contribution in [0.25, 0.3) is 5.69 Å². The number of ether oxygens (including phenoxy) is 1.